The molecule has 0 aliphatic rings. The number of hydrogen-bond acceptors (Lipinski definition) is 3. The molecule has 1 aromatic rings. The fourth-order valence-electron chi connectivity index (χ4n) is 0.921. The third-order valence-corrected chi connectivity index (χ3v) is 1.48. The lowest BCUT2D eigenvalue weighted by Crippen LogP contribution is -2.30. The van der Waals surface area contributed by atoms with E-state index in [4.69, 9.17) is 5.73 Å². The molecule has 0 aromatic carbocycles. The van der Waals surface area contributed by atoms with Crippen LogP contribution in [-0.2, 0) is 11.8 Å². The van der Waals surface area contributed by atoms with Gasteiger partial charge in [0.05, 0.1) is 6.54 Å². The summed E-state index contributed by atoms with van der Waals surface area (Å²) in [6.45, 7) is 0.191. The molecule has 1 aromatic heterocycles. The second-order valence-electron chi connectivity index (χ2n) is 2.67. The number of carbonyl (C=O) groups is 1. The Morgan fingerprint density at radius 3 is 2.92 bits per heavy atom. The molecule has 0 unspecified atom stereocenters. The molecule has 0 spiro atoms. The van der Waals surface area contributed by atoms with E-state index in [9.17, 15) is 4.79 Å². The molecule has 1 heterocycles. The molecule has 1 amide bonds. The molecule has 0 radical (unpaired) electrons. The van der Waals surface area contributed by atoms with Crippen molar-refractivity contribution in [3.63, 3.8) is 0 Å². The van der Waals surface area contributed by atoms with Crippen molar-refractivity contribution in [3.8, 4) is 0 Å². The monoisotopic (exact) mass is 168 g/mol. The van der Waals surface area contributed by atoms with Crippen molar-refractivity contribution >= 4 is 11.7 Å². The molecule has 0 saturated heterocycles. The van der Waals surface area contributed by atoms with Gasteiger partial charge in [-0.25, -0.2) is 0 Å². The summed E-state index contributed by atoms with van der Waals surface area (Å²) in [4.78, 5) is 12.2. The van der Waals surface area contributed by atoms with Crippen LogP contribution >= 0.6 is 0 Å². The Kier molecular flexibility index (Phi) is 2.32. The summed E-state index contributed by atoms with van der Waals surface area (Å²) in [7, 11) is 3.59. The maximum absolute atomic E-state index is 10.5. The van der Waals surface area contributed by atoms with E-state index in [1.807, 2.05) is 19.3 Å². The SMILES string of the molecule is CN(CC(N)=O)c1ccn(C)n1. The topological polar surface area (TPSA) is 64.2 Å². The van der Waals surface area contributed by atoms with Gasteiger partial charge >= 0.3 is 0 Å². The molecule has 5 nitrogen and oxygen atoms in total. The number of nitrogens with two attached hydrogens (primary N) is 1. The molecular formula is C7H12N4O. The smallest absolute Gasteiger partial charge is 0.236 e. The van der Waals surface area contributed by atoms with E-state index >= 15 is 0 Å². The summed E-state index contributed by atoms with van der Waals surface area (Å²) in [5.74, 6) is 0.388. The first-order chi connectivity index (χ1) is 5.59. The van der Waals surface area contributed by atoms with Gasteiger partial charge in [-0.15, -0.1) is 0 Å². The van der Waals surface area contributed by atoms with Crippen molar-refractivity contribution < 1.29 is 4.79 Å². The second-order valence-corrected chi connectivity index (χ2v) is 2.67. The minimum atomic E-state index is -0.358. The number of anilines is 1. The van der Waals surface area contributed by atoms with Crippen molar-refractivity contribution in [3.05, 3.63) is 12.3 Å². The van der Waals surface area contributed by atoms with Crippen molar-refractivity contribution in [1.29, 1.82) is 0 Å². The van der Waals surface area contributed by atoms with Gasteiger partial charge in [0.1, 0.15) is 0 Å². The number of primary amides is 1. The average Bonchev–Trinajstić information content (AvgIpc) is 2.34. The van der Waals surface area contributed by atoms with Gasteiger partial charge in [0.25, 0.3) is 0 Å². The molecule has 5 heteroatoms. The largest absolute Gasteiger partial charge is 0.368 e. The van der Waals surface area contributed by atoms with Crippen molar-refractivity contribution in [2.24, 2.45) is 12.8 Å². The van der Waals surface area contributed by atoms with E-state index in [-0.39, 0.29) is 12.5 Å². The zero-order valence-corrected chi connectivity index (χ0v) is 7.19. The zero-order chi connectivity index (χ0) is 9.14. The highest BCUT2D eigenvalue weighted by molar-refractivity contribution is 5.78. The molecule has 1 rings (SSSR count). The van der Waals surface area contributed by atoms with E-state index in [0.29, 0.717) is 0 Å². The van der Waals surface area contributed by atoms with Gasteiger partial charge in [0, 0.05) is 26.4 Å². The Morgan fingerprint density at radius 2 is 2.50 bits per heavy atom. The highest BCUT2D eigenvalue weighted by Gasteiger charge is 2.05. The summed E-state index contributed by atoms with van der Waals surface area (Å²) in [6, 6.07) is 1.82. The Balaban J connectivity index is 2.64. The van der Waals surface area contributed by atoms with Crippen LogP contribution in [0.4, 0.5) is 5.82 Å². The Hall–Kier alpha value is -1.52. The quantitative estimate of drug-likeness (QED) is 0.651. The lowest BCUT2D eigenvalue weighted by molar-refractivity contribution is -0.116. The van der Waals surface area contributed by atoms with Crippen molar-refractivity contribution in [2.45, 2.75) is 0 Å². The van der Waals surface area contributed by atoms with E-state index in [1.54, 1.807) is 16.6 Å². The second kappa shape index (κ2) is 3.25. The number of hydrogen-bond donors (Lipinski definition) is 1. The number of aryl methyl sites for hydroxylation is 1. The minimum absolute atomic E-state index is 0.191. The predicted molar refractivity (Wildman–Crippen MR) is 45.7 cm³/mol. The normalized spacial score (nSPS) is 9.83. The van der Waals surface area contributed by atoms with Gasteiger partial charge in [0.2, 0.25) is 5.91 Å². The average molecular weight is 168 g/mol. The molecular weight excluding hydrogens is 156 g/mol. The third kappa shape index (κ3) is 1.98. The van der Waals surface area contributed by atoms with Gasteiger partial charge in [-0.05, 0) is 0 Å². The molecule has 0 atom stereocenters. The predicted octanol–water partition coefficient (Wildman–Crippen LogP) is -0.658. The Morgan fingerprint density at radius 1 is 1.83 bits per heavy atom. The fraction of sp³-hybridized carbons (Fsp3) is 0.429. The molecule has 12 heavy (non-hydrogen) atoms. The first-order valence-electron chi connectivity index (χ1n) is 3.58. The highest BCUT2D eigenvalue weighted by Crippen LogP contribution is 2.05. The van der Waals surface area contributed by atoms with Crippen LogP contribution in [0.15, 0.2) is 12.3 Å². The van der Waals surface area contributed by atoms with E-state index in [0.717, 1.165) is 5.82 Å². The summed E-state index contributed by atoms with van der Waals surface area (Å²) in [5.41, 5.74) is 5.02. The van der Waals surface area contributed by atoms with Crippen molar-refractivity contribution in [2.75, 3.05) is 18.5 Å². The number of nitrogens with zero attached hydrogens (tertiary/aromatic N) is 3. The fourth-order valence-corrected chi connectivity index (χ4v) is 0.921. The van der Waals surface area contributed by atoms with Gasteiger partial charge in [0.15, 0.2) is 5.82 Å². The molecule has 66 valence electrons. The van der Waals surface area contributed by atoms with Crippen molar-refractivity contribution in [1.82, 2.24) is 9.78 Å². The van der Waals surface area contributed by atoms with Crippen LogP contribution in [0, 0.1) is 0 Å². The standard InChI is InChI=1S/C7H12N4O/c1-10(5-6(8)12)7-3-4-11(2)9-7/h3-4H,5H2,1-2H3,(H2,8,12). The van der Waals surface area contributed by atoms with Gasteiger partial charge in [-0.2, -0.15) is 5.10 Å². The lowest BCUT2D eigenvalue weighted by Gasteiger charge is -2.12. The molecule has 0 bridgehead atoms. The number of aromatic nitrogens is 2. The zero-order valence-electron chi connectivity index (χ0n) is 7.19. The maximum atomic E-state index is 10.5. The number of rotatable bonds is 3. The van der Waals surface area contributed by atoms with Crippen LogP contribution in [0.5, 0.6) is 0 Å². The number of amides is 1. The van der Waals surface area contributed by atoms with Crippen LogP contribution in [0.1, 0.15) is 0 Å². The van der Waals surface area contributed by atoms with E-state index in [1.165, 1.54) is 0 Å². The summed E-state index contributed by atoms with van der Waals surface area (Å²) >= 11 is 0. The Labute approximate surface area is 70.8 Å². The van der Waals surface area contributed by atoms with E-state index in [2.05, 4.69) is 5.10 Å². The molecule has 0 fully saturated rings. The number of carbonyl (C=O) groups excluding carboxylic acids is 1. The highest BCUT2D eigenvalue weighted by atomic mass is 16.1. The lowest BCUT2D eigenvalue weighted by atomic mass is 10.5. The first-order valence-corrected chi connectivity index (χ1v) is 3.58. The molecule has 0 aliphatic carbocycles. The Bertz CT molecular complexity index is 281. The van der Waals surface area contributed by atoms with Crippen LogP contribution in [0.25, 0.3) is 0 Å². The first kappa shape index (κ1) is 8.58. The van der Waals surface area contributed by atoms with Crippen LogP contribution in [0.3, 0.4) is 0 Å². The van der Waals surface area contributed by atoms with Gasteiger partial charge < -0.3 is 10.6 Å². The van der Waals surface area contributed by atoms with Crippen LogP contribution in [-0.4, -0.2) is 29.3 Å². The van der Waals surface area contributed by atoms with Crippen LogP contribution < -0.4 is 10.6 Å². The van der Waals surface area contributed by atoms with E-state index < -0.39 is 0 Å². The summed E-state index contributed by atoms with van der Waals surface area (Å²) in [5, 5.41) is 4.10. The van der Waals surface area contributed by atoms with Crippen LogP contribution in [0.2, 0.25) is 0 Å². The third-order valence-electron chi connectivity index (χ3n) is 1.48. The summed E-state index contributed by atoms with van der Waals surface area (Å²) < 4.78 is 1.67. The van der Waals surface area contributed by atoms with Gasteiger partial charge in [-0.1, -0.05) is 0 Å². The molecule has 0 aliphatic heterocycles. The molecule has 2 N–H and O–H groups in total. The van der Waals surface area contributed by atoms with Gasteiger partial charge in [-0.3, -0.25) is 9.48 Å². The summed E-state index contributed by atoms with van der Waals surface area (Å²) in [6.07, 6.45) is 1.81. The maximum Gasteiger partial charge on any atom is 0.236 e. The number of likely N-dealkylation sites (N-methyl/N-ethyl adjacent to an activating group) is 1. The minimum Gasteiger partial charge on any atom is -0.368 e. The molecule has 0 saturated carbocycles.